The number of urea groups is 1. The van der Waals surface area contributed by atoms with Gasteiger partial charge in [-0.1, -0.05) is 48.5 Å². The van der Waals surface area contributed by atoms with Crippen molar-refractivity contribution in [1.82, 2.24) is 0 Å². The third-order valence-corrected chi connectivity index (χ3v) is 4.66. The van der Waals surface area contributed by atoms with Gasteiger partial charge in [-0.25, -0.2) is 4.79 Å². The van der Waals surface area contributed by atoms with Crippen LogP contribution in [0.2, 0.25) is 0 Å². The van der Waals surface area contributed by atoms with Crippen LogP contribution in [0.4, 0.5) is 16.2 Å². The van der Waals surface area contributed by atoms with E-state index < -0.39 is 11.6 Å². The van der Waals surface area contributed by atoms with Crippen molar-refractivity contribution in [1.29, 1.82) is 0 Å². The molecule has 0 atom stereocenters. The Balaban J connectivity index is 1.64. The quantitative estimate of drug-likeness (QED) is 0.413. The van der Waals surface area contributed by atoms with Gasteiger partial charge in [-0.05, 0) is 56.2 Å². The molecule has 2 N–H and O–H groups in total. The summed E-state index contributed by atoms with van der Waals surface area (Å²) in [7, 11) is 1.50. The smallest absolute Gasteiger partial charge is 0.323 e. The van der Waals surface area contributed by atoms with Crippen LogP contribution in [0.1, 0.15) is 31.9 Å². The number of nitrogens with one attached hydrogen (secondary N) is 2. The summed E-state index contributed by atoms with van der Waals surface area (Å²) in [6.45, 7) is 5.85. The molecule has 0 fully saturated rings. The lowest BCUT2D eigenvalue weighted by Gasteiger charge is -2.19. The van der Waals surface area contributed by atoms with Crippen molar-refractivity contribution >= 4 is 23.4 Å². The van der Waals surface area contributed by atoms with E-state index in [9.17, 15) is 9.59 Å². The van der Waals surface area contributed by atoms with Crippen LogP contribution < -0.4 is 20.1 Å². The lowest BCUT2D eigenvalue weighted by atomic mass is 10.1. The Morgan fingerprint density at radius 2 is 1.44 bits per heavy atom. The van der Waals surface area contributed by atoms with E-state index in [4.69, 9.17) is 14.2 Å². The van der Waals surface area contributed by atoms with E-state index in [-0.39, 0.29) is 12.4 Å². The number of esters is 1. The van der Waals surface area contributed by atoms with Crippen molar-refractivity contribution in [3.8, 4) is 11.5 Å². The molecule has 7 nitrogen and oxygen atoms in total. The topological polar surface area (TPSA) is 85.9 Å². The molecule has 0 aliphatic carbocycles. The maximum absolute atomic E-state index is 12.7. The summed E-state index contributed by atoms with van der Waals surface area (Å²) in [4.78, 5) is 24.8. The first-order valence-corrected chi connectivity index (χ1v) is 11.0. The van der Waals surface area contributed by atoms with Crippen molar-refractivity contribution < 1.29 is 23.8 Å². The molecule has 0 heterocycles. The molecule has 3 rings (SSSR count). The summed E-state index contributed by atoms with van der Waals surface area (Å²) in [5.41, 5.74) is 2.20. The van der Waals surface area contributed by atoms with Crippen LogP contribution in [0.5, 0.6) is 11.5 Å². The van der Waals surface area contributed by atoms with E-state index in [1.807, 2.05) is 63.2 Å². The maximum atomic E-state index is 12.7. The highest BCUT2D eigenvalue weighted by molar-refractivity contribution is 6.01. The fraction of sp³-hybridized carbons (Fsp3) is 0.259. The summed E-state index contributed by atoms with van der Waals surface area (Å²) in [5.74, 6) is 0.658. The van der Waals surface area contributed by atoms with Gasteiger partial charge in [0.2, 0.25) is 0 Å². The zero-order chi connectivity index (χ0) is 24.6. The van der Waals surface area contributed by atoms with E-state index >= 15 is 0 Å². The number of methoxy groups -OCH3 is 1. The van der Waals surface area contributed by atoms with Gasteiger partial charge in [0.25, 0.3) is 0 Å². The van der Waals surface area contributed by atoms with Gasteiger partial charge in [0.15, 0.2) is 0 Å². The predicted octanol–water partition coefficient (Wildman–Crippen LogP) is 5.80. The number of carbonyl (C=O) groups is 2. The lowest BCUT2D eigenvalue weighted by molar-refractivity contribution is -0.153. The van der Waals surface area contributed by atoms with Crippen LogP contribution in [0.25, 0.3) is 0 Å². The number of benzene rings is 3. The van der Waals surface area contributed by atoms with Gasteiger partial charge in [-0.15, -0.1) is 0 Å². The summed E-state index contributed by atoms with van der Waals surface area (Å²) in [5, 5.41) is 5.60. The maximum Gasteiger partial charge on any atom is 0.323 e. The minimum Gasteiger partial charge on any atom is -0.495 e. The summed E-state index contributed by atoms with van der Waals surface area (Å²) in [6.07, 6.45) is 0.103. The fourth-order valence-corrected chi connectivity index (χ4v) is 3.20. The van der Waals surface area contributed by atoms with Crippen molar-refractivity contribution in [3.05, 3.63) is 83.9 Å². The summed E-state index contributed by atoms with van der Waals surface area (Å²) < 4.78 is 16.7. The number of para-hydroxylation sites is 2. The van der Waals surface area contributed by atoms with Crippen molar-refractivity contribution in [2.45, 2.75) is 39.4 Å². The standard InChI is InChI=1S/C27H30N2O5/c1-27(2,3)34-25(30)17-20-14-15-22(24(16-20)32-4)29-26(31)28-21-12-8-9-13-23(21)33-18-19-10-6-5-7-11-19/h5-16H,17-18H2,1-4H3,(H2,28,29,31). The summed E-state index contributed by atoms with van der Waals surface area (Å²) >= 11 is 0. The Morgan fingerprint density at radius 1 is 0.794 bits per heavy atom. The first-order chi connectivity index (χ1) is 16.2. The highest BCUT2D eigenvalue weighted by Gasteiger charge is 2.18. The number of rotatable bonds is 8. The van der Waals surface area contributed by atoms with Gasteiger partial charge >= 0.3 is 12.0 Å². The normalized spacial score (nSPS) is 10.8. The van der Waals surface area contributed by atoms with E-state index in [1.54, 1.807) is 30.3 Å². The first kappa shape index (κ1) is 24.6. The van der Waals surface area contributed by atoms with E-state index in [0.29, 0.717) is 29.5 Å². The average Bonchev–Trinajstić information content (AvgIpc) is 2.79. The Morgan fingerprint density at radius 3 is 2.12 bits per heavy atom. The largest absolute Gasteiger partial charge is 0.495 e. The third-order valence-electron chi connectivity index (χ3n) is 4.66. The molecule has 34 heavy (non-hydrogen) atoms. The van der Waals surface area contributed by atoms with Crippen molar-refractivity contribution in [2.75, 3.05) is 17.7 Å². The second-order valence-corrected chi connectivity index (χ2v) is 8.65. The van der Waals surface area contributed by atoms with E-state index in [1.165, 1.54) is 7.11 Å². The average molecular weight is 463 g/mol. The molecule has 0 aliphatic heterocycles. The first-order valence-electron chi connectivity index (χ1n) is 11.0. The highest BCUT2D eigenvalue weighted by atomic mass is 16.6. The van der Waals surface area contributed by atoms with Gasteiger partial charge in [0.05, 0.1) is 24.9 Å². The molecule has 0 bridgehead atoms. The van der Waals surface area contributed by atoms with Crippen molar-refractivity contribution in [3.63, 3.8) is 0 Å². The van der Waals surface area contributed by atoms with Crippen LogP contribution in [0.3, 0.4) is 0 Å². The zero-order valence-corrected chi connectivity index (χ0v) is 19.9. The molecule has 3 aromatic carbocycles. The zero-order valence-electron chi connectivity index (χ0n) is 19.9. The SMILES string of the molecule is COc1cc(CC(=O)OC(C)(C)C)ccc1NC(=O)Nc1ccccc1OCc1ccccc1. The van der Waals surface area contributed by atoms with Crippen LogP contribution in [-0.4, -0.2) is 24.7 Å². The van der Waals surface area contributed by atoms with E-state index in [0.717, 1.165) is 11.1 Å². The van der Waals surface area contributed by atoms with Crippen LogP contribution in [0.15, 0.2) is 72.8 Å². The molecular weight excluding hydrogens is 432 g/mol. The minimum absolute atomic E-state index is 0.103. The molecule has 178 valence electrons. The Hall–Kier alpha value is -4.00. The molecule has 3 aromatic rings. The fourth-order valence-electron chi connectivity index (χ4n) is 3.20. The summed E-state index contributed by atoms with van der Waals surface area (Å²) in [6, 6.07) is 21.7. The van der Waals surface area contributed by atoms with Gasteiger partial charge in [0, 0.05) is 0 Å². The van der Waals surface area contributed by atoms with Crippen LogP contribution >= 0.6 is 0 Å². The molecule has 0 aliphatic rings. The number of anilines is 2. The molecule has 7 heteroatoms. The second kappa shape index (κ2) is 11.2. The number of carbonyl (C=O) groups excluding carboxylic acids is 2. The van der Waals surface area contributed by atoms with Gasteiger partial charge in [-0.3, -0.25) is 4.79 Å². The third kappa shape index (κ3) is 7.55. The number of ether oxygens (including phenoxy) is 3. The van der Waals surface area contributed by atoms with Gasteiger partial charge in [-0.2, -0.15) is 0 Å². The minimum atomic E-state index is -0.554. The molecule has 0 saturated heterocycles. The second-order valence-electron chi connectivity index (χ2n) is 8.65. The molecule has 0 radical (unpaired) electrons. The molecule has 0 saturated carbocycles. The van der Waals surface area contributed by atoms with Crippen molar-refractivity contribution in [2.24, 2.45) is 0 Å². The molecule has 0 spiro atoms. The molecule has 0 aromatic heterocycles. The van der Waals surface area contributed by atoms with E-state index in [2.05, 4.69) is 10.6 Å². The Bertz CT molecular complexity index is 1120. The number of hydrogen-bond acceptors (Lipinski definition) is 5. The van der Waals surface area contributed by atoms with Gasteiger partial charge in [0.1, 0.15) is 23.7 Å². The molecular formula is C27H30N2O5. The lowest BCUT2D eigenvalue weighted by Crippen LogP contribution is -2.25. The Labute approximate surface area is 200 Å². The van der Waals surface area contributed by atoms with Crippen LogP contribution in [0, 0.1) is 0 Å². The Kier molecular flexibility index (Phi) is 8.14. The monoisotopic (exact) mass is 462 g/mol. The molecule has 2 amide bonds. The highest BCUT2D eigenvalue weighted by Crippen LogP contribution is 2.28. The number of hydrogen-bond donors (Lipinski definition) is 2. The number of amides is 2. The molecule has 0 unspecified atom stereocenters. The van der Waals surface area contributed by atoms with Gasteiger partial charge < -0.3 is 24.8 Å². The van der Waals surface area contributed by atoms with Crippen LogP contribution in [-0.2, 0) is 22.6 Å². The predicted molar refractivity (Wildman–Crippen MR) is 132 cm³/mol.